The second kappa shape index (κ2) is 6.09. The minimum Gasteiger partial charge on any atom is -0.542 e. The Hall–Kier alpha value is -1.59. The van der Waals surface area contributed by atoms with E-state index in [0.29, 0.717) is 0 Å². The molecule has 90 valence electrons. The van der Waals surface area contributed by atoms with Crippen molar-refractivity contribution in [1.82, 2.24) is 0 Å². The molecule has 1 heterocycles. The fourth-order valence-electron chi connectivity index (χ4n) is 0.743. The van der Waals surface area contributed by atoms with Crippen molar-refractivity contribution < 1.29 is 27.6 Å². The number of alkyl halides is 3. The zero-order valence-corrected chi connectivity index (χ0v) is 8.91. The molecule has 1 aromatic heterocycles. The van der Waals surface area contributed by atoms with Crippen molar-refractivity contribution in [3.63, 3.8) is 0 Å². The van der Waals surface area contributed by atoms with E-state index in [0.717, 1.165) is 6.54 Å². The molecule has 1 aromatic rings. The van der Waals surface area contributed by atoms with Gasteiger partial charge in [0.05, 0.1) is 0 Å². The van der Waals surface area contributed by atoms with Crippen LogP contribution in [0.5, 0.6) is 0 Å². The van der Waals surface area contributed by atoms with Crippen LogP contribution in [-0.4, -0.2) is 12.1 Å². The Morgan fingerprint density at radius 2 is 1.75 bits per heavy atom. The molecule has 16 heavy (non-hydrogen) atoms. The summed E-state index contributed by atoms with van der Waals surface area (Å²) in [5.74, 6) is -3.01. The van der Waals surface area contributed by atoms with Gasteiger partial charge in [-0.05, 0) is 19.4 Å². The summed E-state index contributed by atoms with van der Waals surface area (Å²) in [6, 6.07) is 4.23. The lowest BCUT2D eigenvalue weighted by Crippen LogP contribution is -2.37. The van der Waals surface area contributed by atoms with Gasteiger partial charge in [-0.3, -0.25) is 0 Å². The normalized spacial score (nSPS) is 10.3. The van der Waals surface area contributed by atoms with Crippen LogP contribution in [0.4, 0.5) is 13.2 Å². The summed E-state index contributed by atoms with van der Waals surface area (Å²) in [6.07, 6.45) is -1.01. The summed E-state index contributed by atoms with van der Waals surface area (Å²) < 4.78 is 33.7. The number of aromatic nitrogens is 1. The second-order valence-corrected chi connectivity index (χ2v) is 2.99. The summed E-state index contributed by atoms with van der Waals surface area (Å²) >= 11 is 0. The van der Waals surface area contributed by atoms with Crippen molar-refractivity contribution >= 4 is 5.97 Å². The Morgan fingerprint density at radius 3 is 2.00 bits per heavy atom. The van der Waals surface area contributed by atoms with Gasteiger partial charge in [-0.1, -0.05) is 0 Å². The summed E-state index contributed by atoms with van der Waals surface area (Å²) in [4.78, 5) is 8.78. The maximum absolute atomic E-state index is 10.5. The number of rotatable bonds is 1. The number of hydrogen-bond donors (Lipinski definition) is 0. The van der Waals surface area contributed by atoms with Gasteiger partial charge in [0.2, 0.25) is 0 Å². The molecule has 0 saturated carbocycles. The zero-order valence-electron chi connectivity index (χ0n) is 8.91. The molecule has 6 heteroatoms. The fourth-order valence-corrected chi connectivity index (χ4v) is 0.743. The Bertz CT molecular complexity index is 333. The van der Waals surface area contributed by atoms with Gasteiger partial charge in [0.25, 0.3) is 0 Å². The van der Waals surface area contributed by atoms with Crippen LogP contribution in [-0.2, 0) is 11.3 Å². The monoisotopic (exact) mass is 235 g/mol. The number of halogens is 3. The van der Waals surface area contributed by atoms with Gasteiger partial charge >= 0.3 is 6.18 Å². The Labute approximate surface area is 91.1 Å². The maximum Gasteiger partial charge on any atom is 0.430 e. The minimum atomic E-state index is -5.19. The van der Waals surface area contributed by atoms with Crippen LogP contribution < -0.4 is 9.67 Å². The van der Waals surface area contributed by atoms with Crippen LogP contribution in [0, 0.1) is 6.92 Å². The lowest BCUT2D eigenvalue weighted by Gasteiger charge is -2.03. The van der Waals surface area contributed by atoms with E-state index in [2.05, 4.69) is 42.9 Å². The number of carboxylic acid groups (broad SMARTS) is 1. The van der Waals surface area contributed by atoms with Crippen LogP contribution in [0.15, 0.2) is 24.5 Å². The van der Waals surface area contributed by atoms with Crippen molar-refractivity contribution in [3.05, 3.63) is 30.1 Å². The van der Waals surface area contributed by atoms with Crippen LogP contribution in [0.25, 0.3) is 0 Å². The molecule has 0 bridgehead atoms. The third-order valence-corrected chi connectivity index (χ3v) is 1.65. The summed E-state index contributed by atoms with van der Waals surface area (Å²) in [7, 11) is 0. The second-order valence-electron chi connectivity index (χ2n) is 2.99. The van der Waals surface area contributed by atoms with E-state index in [1.165, 1.54) is 5.56 Å². The first-order valence-electron chi connectivity index (χ1n) is 4.51. The number of hydrogen-bond acceptors (Lipinski definition) is 2. The predicted octanol–water partition coefficient (Wildman–Crippen LogP) is 0.601. The number of aryl methyl sites for hydroxylation is 2. The average molecular weight is 235 g/mol. The van der Waals surface area contributed by atoms with Crippen LogP contribution >= 0.6 is 0 Å². The van der Waals surface area contributed by atoms with Gasteiger partial charge in [-0.2, -0.15) is 13.2 Å². The Morgan fingerprint density at radius 1 is 1.38 bits per heavy atom. The van der Waals surface area contributed by atoms with E-state index >= 15 is 0 Å². The van der Waals surface area contributed by atoms with Gasteiger partial charge in [-0.15, -0.1) is 0 Å². The SMILES string of the molecule is CC[n+]1ccc(C)cc1.O=C([O-])C(F)(F)F. The molecule has 0 unspecified atom stereocenters. The maximum atomic E-state index is 10.5. The smallest absolute Gasteiger partial charge is 0.430 e. The molecule has 0 aromatic carbocycles. The molecule has 0 aliphatic heterocycles. The first kappa shape index (κ1) is 14.4. The molecule has 1 rings (SSSR count). The first-order valence-corrected chi connectivity index (χ1v) is 4.51. The van der Waals surface area contributed by atoms with Crippen molar-refractivity contribution in [2.24, 2.45) is 0 Å². The van der Waals surface area contributed by atoms with Crippen molar-refractivity contribution in [2.75, 3.05) is 0 Å². The first-order chi connectivity index (χ1) is 7.27. The lowest BCUT2D eigenvalue weighted by atomic mass is 10.3. The third kappa shape index (κ3) is 6.00. The fraction of sp³-hybridized carbons (Fsp3) is 0.400. The van der Waals surface area contributed by atoms with E-state index < -0.39 is 12.1 Å². The van der Waals surface area contributed by atoms with E-state index in [1.54, 1.807) is 0 Å². The molecule has 0 amide bonds. The number of nitrogens with zero attached hydrogens (tertiary/aromatic N) is 1. The van der Waals surface area contributed by atoms with Crippen molar-refractivity contribution in [3.8, 4) is 0 Å². The molecule has 3 nitrogen and oxygen atoms in total. The molecule has 0 atom stereocenters. The van der Waals surface area contributed by atoms with E-state index in [9.17, 15) is 13.2 Å². The summed E-state index contributed by atoms with van der Waals surface area (Å²) in [6.45, 7) is 5.29. The summed E-state index contributed by atoms with van der Waals surface area (Å²) in [5.41, 5.74) is 1.32. The van der Waals surface area contributed by atoms with Gasteiger partial charge < -0.3 is 9.90 Å². The van der Waals surface area contributed by atoms with Gasteiger partial charge in [-0.25, -0.2) is 4.57 Å². The van der Waals surface area contributed by atoms with E-state index in [4.69, 9.17) is 9.90 Å². The highest BCUT2D eigenvalue weighted by atomic mass is 19.4. The predicted molar refractivity (Wildman–Crippen MR) is 48.1 cm³/mol. The number of carbonyl (C=O) groups is 1. The average Bonchev–Trinajstić information content (AvgIpc) is 2.18. The number of carboxylic acids is 1. The molecule has 0 N–H and O–H groups in total. The molecular formula is C10H12F3NO2. The quantitative estimate of drug-likeness (QED) is 0.669. The molecule has 0 aliphatic rings. The van der Waals surface area contributed by atoms with E-state index in [1.807, 2.05) is 0 Å². The Balaban J connectivity index is 0.000000293. The van der Waals surface area contributed by atoms with Gasteiger partial charge in [0.15, 0.2) is 12.4 Å². The molecule has 0 spiro atoms. The zero-order chi connectivity index (χ0) is 12.8. The van der Waals surface area contributed by atoms with Crippen molar-refractivity contribution in [2.45, 2.75) is 26.6 Å². The number of carbonyl (C=O) groups excluding carboxylic acids is 1. The van der Waals surface area contributed by atoms with Crippen LogP contribution in [0.3, 0.4) is 0 Å². The molecule has 0 fully saturated rings. The summed E-state index contributed by atoms with van der Waals surface area (Å²) in [5, 5.41) is 8.78. The van der Waals surface area contributed by atoms with Crippen LogP contribution in [0.2, 0.25) is 0 Å². The number of pyridine rings is 1. The van der Waals surface area contributed by atoms with Crippen LogP contribution in [0.1, 0.15) is 12.5 Å². The highest BCUT2D eigenvalue weighted by molar-refractivity contribution is 5.70. The topological polar surface area (TPSA) is 44.0 Å². The van der Waals surface area contributed by atoms with E-state index in [-0.39, 0.29) is 0 Å². The molecular weight excluding hydrogens is 223 g/mol. The standard InChI is InChI=1S/C8H12N.C2HF3O2/c1-3-9-6-4-8(2)5-7-9;3-2(4,5)1(6)7/h4-7H,3H2,1-2H3;(H,6,7)/q+1;/p-1. The lowest BCUT2D eigenvalue weighted by molar-refractivity contribution is -0.693. The minimum absolute atomic E-state index is 1.06. The van der Waals surface area contributed by atoms with Crippen molar-refractivity contribution in [1.29, 1.82) is 0 Å². The highest BCUT2D eigenvalue weighted by Gasteiger charge is 2.28. The van der Waals surface area contributed by atoms with Gasteiger partial charge in [0.1, 0.15) is 12.5 Å². The van der Waals surface area contributed by atoms with Gasteiger partial charge in [0, 0.05) is 12.1 Å². The third-order valence-electron chi connectivity index (χ3n) is 1.65. The highest BCUT2D eigenvalue weighted by Crippen LogP contribution is 2.11. The number of aliphatic carboxylic acids is 1. The Kier molecular flexibility index (Phi) is 5.49. The molecule has 0 radical (unpaired) electrons. The largest absolute Gasteiger partial charge is 0.542 e. The molecule has 0 saturated heterocycles. The molecule has 0 aliphatic carbocycles.